The van der Waals surface area contributed by atoms with Crippen LogP contribution in [0.1, 0.15) is 12.0 Å². The summed E-state index contributed by atoms with van der Waals surface area (Å²) in [6.45, 7) is 1.12. The van der Waals surface area contributed by atoms with Crippen molar-refractivity contribution in [1.29, 1.82) is 0 Å². The fourth-order valence-electron chi connectivity index (χ4n) is 2.67. The fraction of sp³-hybridized carbons (Fsp3) is 0.429. The molecule has 0 spiro atoms. The van der Waals surface area contributed by atoms with Gasteiger partial charge in [-0.05, 0) is 18.1 Å². The van der Waals surface area contributed by atoms with Crippen LogP contribution in [0.5, 0.6) is 5.75 Å². The normalized spacial score (nSPS) is 26.1. The summed E-state index contributed by atoms with van der Waals surface area (Å²) in [7, 11) is 0. The fourth-order valence-corrected chi connectivity index (χ4v) is 2.67. The zero-order chi connectivity index (χ0) is 14.2. The molecule has 6 heteroatoms. The van der Waals surface area contributed by atoms with Crippen LogP contribution in [-0.4, -0.2) is 31.7 Å². The summed E-state index contributed by atoms with van der Waals surface area (Å²) >= 11 is 0. The molecule has 3 rings (SSSR count). The molecule has 0 amide bonds. The van der Waals surface area contributed by atoms with Gasteiger partial charge in [-0.25, -0.2) is 0 Å². The van der Waals surface area contributed by atoms with Crippen molar-refractivity contribution < 1.29 is 22.6 Å². The Morgan fingerprint density at radius 1 is 1.20 bits per heavy atom. The lowest BCUT2D eigenvalue weighted by Gasteiger charge is -2.35. The van der Waals surface area contributed by atoms with Crippen LogP contribution in [0.15, 0.2) is 30.3 Å². The van der Waals surface area contributed by atoms with Crippen molar-refractivity contribution in [2.24, 2.45) is 0 Å². The van der Waals surface area contributed by atoms with Gasteiger partial charge in [-0.2, -0.15) is 0 Å². The van der Waals surface area contributed by atoms with Gasteiger partial charge in [0.1, 0.15) is 5.75 Å². The van der Waals surface area contributed by atoms with Gasteiger partial charge in [0.15, 0.2) is 0 Å². The molecule has 108 valence electrons. The second-order valence-electron chi connectivity index (χ2n) is 4.95. The van der Waals surface area contributed by atoms with Crippen molar-refractivity contribution in [3.63, 3.8) is 0 Å². The number of fused-ring (bicyclic) bond motifs is 2. The minimum absolute atomic E-state index is 0.0523. The first-order valence-electron chi connectivity index (χ1n) is 6.41. The molecular weight excluding hydrogens is 271 g/mol. The Bertz CT molecular complexity index is 527. The molecule has 3 nitrogen and oxygen atoms in total. The molecule has 0 aromatic heterocycles. The van der Waals surface area contributed by atoms with Crippen LogP contribution >= 0.6 is 0 Å². The van der Waals surface area contributed by atoms with Crippen molar-refractivity contribution in [3.8, 4) is 5.75 Å². The minimum atomic E-state index is -4.68. The van der Waals surface area contributed by atoms with Gasteiger partial charge >= 0.3 is 6.36 Å². The summed E-state index contributed by atoms with van der Waals surface area (Å²) in [5.41, 5.74) is 1.38. The van der Waals surface area contributed by atoms with Crippen LogP contribution in [-0.2, 0) is 4.74 Å². The molecule has 1 aromatic rings. The second kappa shape index (κ2) is 5.10. The highest BCUT2D eigenvalue weighted by Gasteiger charge is 2.33. The lowest BCUT2D eigenvalue weighted by atomic mass is 9.91. The molecule has 2 unspecified atom stereocenters. The maximum absolute atomic E-state index is 12.4. The monoisotopic (exact) mass is 285 g/mol. The molecule has 2 heterocycles. The van der Waals surface area contributed by atoms with E-state index in [0.29, 0.717) is 25.2 Å². The summed E-state index contributed by atoms with van der Waals surface area (Å²) in [5, 5.41) is 3.36. The van der Waals surface area contributed by atoms with Crippen LogP contribution in [0.25, 0.3) is 5.57 Å². The summed E-state index contributed by atoms with van der Waals surface area (Å²) in [5.74, 6) is -0.146. The average molecular weight is 285 g/mol. The molecule has 1 saturated heterocycles. The van der Waals surface area contributed by atoms with Crippen LogP contribution < -0.4 is 10.1 Å². The van der Waals surface area contributed by atoms with Gasteiger partial charge in [0.05, 0.1) is 13.2 Å². The molecular formula is C14H14F3NO2. The number of alkyl halides is 3. The van der Waals surface area contributed by atoms with Crippen LogP contribution in [0, 0.1) is 0 Å². The van der Waals surface area contributed by atoms with Gasteiger partial charge in [-0.1, -0.05) is 24.3 Å². The van der Waals surface area contributed by atoms with Crippen molar-refractivity contribution in [1.82, 2.24) is 5.32 Å². The summed E-state index contributed by atoms with van der Waals surface area (Å²) in [6, 6.07) is 6.46. The van der Waals surface area contributed by atoms with E-state index in [0.717, 1.165) is 5.57 Å². The van der Waals surface area contributed by atoms with Gasteiger partial charge in [-0.3, -0.25) is 0 Å². The number of nitrogens with one attached hydrogen (secondary N) is 1. The topological polar surface area (TPSA) is 30.5 Å². The van der Waals surface area contributed by atoms with E-state index in [4.69, 9.17) is 4.74 Å². The smallest absolute Gasteiger partial charge is 0.405 e. The van der Waals surface area contributed by atoms with Crippen molar-refractivity contribution in [2.75, 3.05) is 13.2 Å². The Morgan fingerprint density at radius 2 is 2.00 bits per heavy atom. The Labute approximate surface area is 114 Å². The Balaban J connectivity index is 1.92. The number of benzene rings is 1. The number of hydrogen-bond donors (Lipinski definition) is 1. The lowest BCUT2D eigenvalue weighted by molar-refractivity contribution is -0.274. The second-order valence-corrected chi connectivity index (χ2v) is 4.95. The highest BCUT2D eigenvalue weighted by atomic mass is 19.4. The molecule has 1 N–H and O–H groups in total. The van der Waals surface area contributed by atoms with E-state index in [1.54, 1.807) is 12.1 Å². The van der Waals surface area contributed by atoms with E-state index in [1.807, 2.05) is 6.08 Å². The number of halogens is 3. The molecule has 0 saturated carbocycles. The SMILES string of the molecule is FC(F)(F)Oc1ccccc1C1=CC2COCC(C1)N2. The molecule has 2 aliphatic rings. The van der Waals surface area contributed by atoms with E-state index in [-0.39, 0.29) is 17.8 Å². The molecule has 2 aliphatic heterocycles. The Hall–Kier alpha value is -1.53. The molecule has 0 radical (unpaired) electrons. The predicted octanol–water partition coefficient (Wildman–Crippen LogP) is 2.73. The van der Waals surface area contributed by atoms with Crippen molar-refractivity contribution in [3.05, 3.63) is 35.9 Å². The highest BCUT2D eigenvalue weighted by Crippen LogP contribution is 2.35. The van der Waals surface area contributed by atoms with E-state index in [1.165, 1.54) is 12.1 Å². The van der Waals surface area contributed by atoms with Crippen LogP contribution in [0.2, 0.25) is 0 Å². The van der Waals surface area contributed by atoms with Gasteiger partial charge < -0.3 is 14.8 Å². The molecule has 1 aromatic carbocycles. The summed E-state index contributed by atoms with van der Waals surface area (Å²) < 4.78 is 46.9. The first-order chi connectivity index (χ1) is 9.51. The minimum Gasteiger partial charge on any atom is -0.405 e. The Kier molecular flexibility index (Phi) is 3.43. The first kappa shape index (κ1) is 13.5. The van der Waals surface area contributed by atoms with E-state index < -0.39 is 6.36 Å². The third-order valence-corrected chi connectivity index (χ3v) is 3.39. The number of ether oxygens (including phenoxy) is 2. The largest absolute Gasteiger partial charge is 0.573 e. The zero-order valence-corrected chi connectivity index (χ0v) is 10.6. The third kappa shape index (κ3) is 2.96. The van der Waals surface area contributed by atoms with Crippen LogP contribution in [0.3, 0.4) is 0 Å². The predicted molar refractivity (Wildman–Crippen MR) is 67.2 cm³/mol. The third-order valence-electron chi connectivity index (χ3n) is 3.39. The number of rotatable bonds is 2. The average Bonchev–Trinajstić information content (AvgIpc) is 2.37. The molecule has 20 heavy (non-hydrogen) atoms. The molecule has 0 aliphatic carbocycles. The number of morpholine rings is 1. The summed E-state index contributed by atoms with van der Waals surface area (Å²) in [4.78, 5) is 0. The van der Waals surface area contributed by atoms with E-state index in [2.05, 4.69) is 10.1 Å². The van der Waals surface area contributed by atoms with Gasteiger partial charge in [0.25, 0.3) is 0 Å². The van der Waals surface area contributed by atoms with Crippen molar-refractivity contribution >= 4 is 5.57 Å². The standard InChI is InChI=1S/C14H14F3NO2/c15-14(16,17)20-13-4-2-1-3-12(13)9-5-10-7-19-8-11(6-9)18-10/h1-5,10-11,18H,6-8H2. The summed E-state index contributed by atoms with van der Waals surface area (Å²) in [6.07, 6.45) is -2.12. The number of para-hydroxylation sites is 1. The van der Waals surface area contributed by atoms with E-state index >= 15 is 0 Å². The maximum Gasteiger partial charge on any atom is 0.573 e. The van der Waals surface area contributed by atoms with Gasteiger partial charge in [-0.15, -0.1) is 13.2 Å². The van der Waals surface area contributed by atoms with Gasteiger partial charge in [0.2, 0.25) is 0 Å². The molecule has 2 bridgehead atoms. The van der Waals surface area contributed by atoms with E-state index in [9.17, 15) is 13.2 Å². The van der Waals surface area contributed by atoms with Crippen molar-refractivity contribution in [2.45, 2.75) is 24.9 Å². The lowest BCUT2D eigenvalue weighted by Crippen LogP contribution is -2.50. The Morgan fingerprint density at radius 3 is 2.75 bits per heavy atom. The number of hydrogen-bond acceptors (Lipinski definition) is 3. The zero-order valence-electron chi connectivity index (χ0n) is 10.6. The molecule has 1 fully saturated rings. The maximum atomic E-state index is 12.4. The first-order valence-corrected chi connectivity index (χ1v) is 6.41. The highest BCUT2D eigenvalue weighted by molar-refractivity contribution is 5.72. The van der Waals surface area contributed by atoms with Crippen LogP contribution in [0.4, 0.5) is 13.2 Å². The molecule has 2 atom stereocenters. The quantitative estimate of drug-likeness (QED) is 0.906. The van der Waals surface area contributed by atoms with Gasteiger partial charge in [0, 0.05) is 17.6 Å².